The van der Waals surface area contributed by atoms with Crippen molar-refractivity contribution in [3.05, 3.63) is 29.3 Å². The lowest BCUT2D eigenvalue weighted by molar-refractivity contribution is -0.117. The molecule has 1 heterocycles. The smallest absolute Gasteiger partial charge is 0.246 e. The quantitative estimate of drug-likeness (QED) is 0.862. The Kier molecular flexibility index (Phi) is 4.06. The molecule has 1 aliphatic carbocycles. The second-order valence-corrected chi connectivity index (χ2v) is 6.22. The number of amides is 1. The predicted octanol–water partition coefficient (Wildman–Crippen LogP) is 3.69. The molecule has 2 N–H and O–H groups in total. The van der Waals surface area contributed by atoms with Gasteiger partial charge in [-0.1, -0.05) is 49.8 Å². The van der Waals surface area contributed by atoms with Gasteiger partial charge in [0.15, 0.2) is 0 Å². The zero-order valence-corrected chi connectivity index (χ0v) is 12.2. The summed E-state index contributed by atoms with van der Waals surface area (Å²) in [6.07, 6.45) is 9.02. The molecule has 0 spiro atoms. The van der Waals surface area contributed by atoms with Crippen LogP contribution in [0.3, 0.4) is 0 Å². The molecule has 0 aromatic heterocycles. The van der Waals surface area contributed by atoms with Crippen molar-refractivity contribution in [2.75, 3.05) is 5.32 Å². The first-order chi connectivity index (χ1) is 9.74. The second kappa shape index (κ2) is 5.96. The maximum absolute atomic E-state index is 12.2. The molecule has 20 heavy (non-hydrogen) atoms. The van der Waals surface area contributed by atoms with Crippen LogP contribution < -0.4 is 10.6 Å². The molecule has 1 aliphatic heterocycles. The lowest BCUT2D eigenvalue weighted by Crippen LogP contribution is -2.36. The zero-order chi connectivity index (χ0) is 13.9. The Morgan fingerprint density at radius 3 is 2.55 bits per heavy atom. The van der Waals surface area contributed by atoms with Crippen LogP contribution in [0.15, 0.2) is 18.2 Å². The molecule has 3 rings (SSSR count). The van der Waals surface area contributed by atoms with Gasteiger partial charge >= 0.3 is 0 Å². The van der Waals surface area contributed by atoms with E-state index in [1.165, 1.54) is 50.5 Å². The van der Waals surface area contributed by atoms with Crippen molar-refractivity contribution in [3.63, 3.8) is 0 Å². The third-order valence-corrected chi connectivity index (χ3v) is 4.55. The molecular weight excluding hydrogens is 248 g/mol. The van der Waals surface area contributed by atoms with Crippen LogP contribution >= 0.6 is 0 Å². The van der Waals surface area contributed by atoms with E-state index in [1.54, 1.807) is 0 Å². The van der Waals surface area contributed by atoms with Crippen LogP contribution in [0.25, 0.3) is 0 Å². The molecule has 1 amide bonds. The fourth-order valence-electron chi connectivity index (χ4n) is 3.40. The SMILES string of the molecule is Cc1ccc2c(c1)C(NC1CCCCCCC1)C(=O)N2. The van der Waals surface area contributed by atoms with Gasteiger partial charge in [0.2, 0.25) is 5.91 Å². The van der Waals surface area contributed by atoms with E-state index in [0.717, 1.165) is 11.3 Å². The van der Waals surface area contributed by atoms with Crippen LogP contribution in [0.4, 0.5) is 5.69 Å². The average Bonchev–Trinajstić information content (AvgIpc) is 2.68. The van der Waals surface area contributed by atoms with Crippen LogP contribution in [0.1, 0.15) is 62.1 Å². The van der Waals surface area contributed by atoms with E-state index in [1.807, 2.05) is 6.07 Å². The highest BCUT2D eigenvalue weighted by molar-refractivity contribution is 6.02. The average molecular weight is 272 g/mol. The Morgan fingerprint density at radius 2 is 1.80 bits per heavy atom. The van der Waals surface area contributed by atoms with Gasteiger partial charge in [-0.05, 0) is 25.8 Å². The van der Waals surface area contributed by atoms with Gasteiger partial charge in [0.1, 0.15) is 6.04 Å². The molecular formula is C17H24N2O. The first-order valence-corrected chi connectivity index (χ1v) is 7.91. The monoisotopic (exact) mass is 272 g/mol. The summed E-state index contributed by atoms with van der Waals surface area (Å²) < 4.78 is 0. The van der Waals surface area contributed by atoms with E-state index in [9.17, 15) is 4.79 Å². The minimum atomic E-state index is -0.158. The summed E-state index contributed by atoms with van der Waals surface area (Å²) in [5.41, 5.74) is 3.31. The second-order valence-electron chi connectivity index (χ2n) is 6.22. The Morgan fingerprint density at radius 1 is 1.10 bits per heavy atom. The number of fused-ring (bicyclic) bond motifs is 1. The molecule has 2 aliphatic rings. The van der Waals surface area contributed by atoms with Crippen LogP contribution in [0.2, 0.25) is 0 Å². The van der Waals surface area contributed by atoms with Crippen molar-refractivity contribution < 1.29 is 4.79 Å². The Bertz CT molecular complexity index is 490. The molecule has 108 valence electrons. The molecule has 3 heteroatoms. The fraction of sp³-hybridized carbons (Fsp3) is 0.588. The predicted molar refractivity (Wildman–Crippen MR) is 81.8 cm³/mol. The first kappa shape index (κ1) is 13.6. The molecule has 1 unspecified atom stereocenters. The molecule has 1 atom stereocenters. The molecule has 0 saturated heterocycles. The van der Waals surface area contributed by atoms with Gasteiger partial charge in [-0.3, -0.25) is 10.1 Å². The number of rotatable bonds is 2. The van der Waals surface area contributed by atoms with E-state index in [0.29, 0.717) is 6.04 Å². The first-order valence-electron chi connectivity index (χ1n) is 7.91. The summed E-state index contributed by atoms with van der Waals surface area (Å²) in [5, 5.41) is 6.60. The topological polar surface area (TPSA) is 41.1 Å². The number of carbonyl (C=O) groups excluding carboxylic acids is 1. The Balaban J connectivity index is 1.73. The van der Waals surface area contributed by atoms with E-state index in [-0.39, 0.29) is 11.9 Å². The molecule has 3 nitrogen and oxygen atoms in total. The summed E-state index contributed by atoms with van der Waals surface area (Å²) in [7, 11) is 0. The van der Waals surface area contributed by atoms with Gasteiger partial charge in [0.05, 0.1) is 0 Å². The number of hydrogen-bond acceptors (Lipinski definition) is 2. The number of nitrogens with one attached hydrogen (secondary N) is 2. The Labute approximate surface area is 121 Å². The van der Waals surface area contributed by atoms with Crippen LogP contribution in [-0.4, -0.2) is 11.9 Å². The number of anilines is 1. The largest absolute Gasteiger partial charge is 0.324 e. The highest BCUT2D eigenvalue weighted by Gasteiger charge is 2.31. The number of benzene rings is 1. The van der Waals surface area contributed by atoms with Crippen molar-refractivity contribution in [3.8, 4) is 0 Å². The molecule has 1 aromatic rings. The van der Waals surface area contributed by atoms with Crippen LogP contribution in [0, 0.1) is 6.92 Å². The number of hydrogen-bond donors (Lipinski definition) is 2. The van der Waals surface area contributed by atoms with Crippen LogP contribution in [0.5, 0.6) is 0 Å². The lowest BCUT2D eigenvalue weighted by Gasteiger charge is -2.24. The maximum atomic E-state index is 12.2. The highest BCUT2D eigenvalue weighted by atomic mass is 16.2. The van der Waals surface area contributed by atoms with Gasteiger partial charge in [-0.25, -0.2) is 0 Å². The molecule has 1 fully saturated rings. The third kappa shape index (κ3) is 2.88. The third-order valence-electron chi connectivity index (χ3n) is 4.55. The minimum Gasteiger partial charge on any atom is -0.324 e. The van der Waals surface area contributed by atoms with Gasteiger partial charge in [-0.15, -0.1) is 0 Å². The van der Waals surface area contributed by atoms with E-state index < -0.39 is 0 Å². The van der Waals surface area contributed by atoms with Crippen molar-refractivity contribution in [2.45, 2.75) is 64.0 Å². The Hall–Kier alpha value is -1.35. The number of aryl methyl sites for hydroxylation is 1. The van der Waals surface area contributed by atoms with Gasteiger partial charge in [0.25, 0.3) is 0 Å². The summed E-state index contributed by atoms with van der Waals surface area (Å²) in [4.78, 5) is 12.2. The van der Waals surface area contributed by atoms with E-state index in [4.69, 9.17) is 0 Å². The van der Waals surface area contributed by atoms with E-state index >= 15 is 0 Å². The zero-order valence-electron chi connectivity index (χ0n) is 12.2. The molecule has 0 radical (unpaired) electrons. The summed E-state index contributed by atoms with van der Waals surface area (Å²) >= 11 is 0. The van der Waals surface area contributed by atoms with Crippen LogP contribution in [-0.2, 0) is 4.79 Å². The van der Waals surface area contributed by atoms with E-state index in [2.05, 4.69) is 29.7 Å². The summed E-state index contributed by atoms with van der Waals surface area (Å²) in [6.45, 7) is 2.08. The standard InChI is InChI=1S/C17H24N2O/c1-12-9-10-15-14(11-12)16(17(20)19-15)18-13-7-5-3-2-4-6-8-13/h9-11,13,16,18H,2-8H2,1H3,(H,19,20). The van der Waals surface area contributed by atoms with Crippen molar-refractivity contribution in [1.82, 2.24) is 5.32 Å². The molecule has 1 aromatic carbocycles. The number of carbonyl (C=O) groups is 1. The van der Waals surface area contributed by atoms with Crippen molar-refractivity contribution in [1.29, 1.82) is 0 Å². The highest BCUT2D eigenvalue weighted by Crippen LogP contribution is 2.32. The lowest BCUT2D eigenvalue weighted by atomic mass is 9.95. The van der Waals surface area contributed by atoms with Crippen molar-refractivity contribution in [2.24, 2.45) is 0 Å². The van der Waals surface area contributed by atoms with Gasteiger partial charge in [0, 0.05) is 17.3 Å². The normalized spacial score (nSPS) is 23.9. The molecule has 1 saturated carbocycles. The van der Waals surface area contributed by atoms with Gasteiger partial charge in [-0.2, -0.15) is 0 Å². The van der Waals surface area contributed by atoms with Gasteiger partial charge < -0.3 is 5.32 Å². The maximum Gasteiger partial charge on any atom is 0.246 e. The van der Waals surface area contributed by atoms with Crippen molar-refractivity contribution >= 4 is 11.6 Å². The summed E-state index contributed by atoms with van der Waals surface area (Å²) in [5.74, 6) is 0.104. The minimum absolute atomic E-state index is 0.104. The summed E-state index contributed by atoms with van der Waals surface area (Å²) in [6, 6.07) is 6.53. The fourth-order valence-corrected chi connectivity index (χ4v) is 3.40. The molecule has 0 bridgehead atoms.